The predicted molar refractivity (Wildman–Crippen MR) is 105 cm³/mol. The van der Waals surface area contributed by atoms with Crippen LogP contribution < -0.4 is 0 Å². The van der Waals surface area contributed by atoms with E-state index in [4.69, 9.17) is 0 Å². The molecule has 0 spiro atoms. The number of phenolic OH excluding ortho intramolecular Hbond substituents is 1. The highest BCUT2D eigenvalue weighted by atomic mass is 19.2. The summed E-state index contributed by atoms with van der Waals surface area (Å²) in [6.07, 6.45) is -1.35. The molecule has 2 aromatic rings. The van der Waals surface area contributed by atoms with Gasteiger partial charge in [0.1, 0.15) is 18.6 Å². The zero-order chi connectivity index (χ0) is 19.4. The van der Waals surface area contributed by atoms with Gasteiger partial charge in [-0.2, -0.15) is 0 Å². The van der Waals surface area contributed by atoms with Gasteiger partial charge in [0.15, 0.2) is 0 Å². The van der Waals surface area contributed by atoms with Gasteiger partial charge < -0.3 is 5.11 Å². The molecule has 1 N–H and O–H groups in total. The van der Waals surface area contributed by atoms with Crippen molar-refractivity contribution in [3.8, 4) is 5.75 Å². The van der Waals surface area contributed by atoms with Crippen LogP contribution in [0.15, 0.2) is 43.0 Å². The molecule has 0 fully saturated rings. The Morgan fingerprint density at radius 2 is 1.77 bits per heavy atom. The normalized spacial score (nSPS) is 13.7. The summed E-state index contributed by atoms with van der Waals surface area (Å²) < 4.78 is 25.8. The molecule has 0 aliphatic heterocycles. The minimum atomic E-state index is -1.45. The number of alkyl halides is 2. The number of benzene rings is 2. The van der Waals surface area contributed by atoms with E-state index in [2.05, 4.69) is 20.4 Å². The van der Waals surface area contributed by atoms with E-state index in [0.29, 0.717) is 5.92 Å². The summed E-state index contributed by atoms with van der Waals surface area (Å²) in [7, 11) is 0. The van der Waals surface area contributed by atoms with E-state index < -0.39 is 12.8 Å². The minimum Gasteiger partial charge on any atom is -0.508 e. The third-order valence-corrected chi connectivity index (χ3v) is 4.89. The molecule has 0 heterocycles. The van der Waals surface area contributed by atoms with Crippen molar-refractivity contribution in [2.75, 3.05) is 6.67 Å². The first-order valence-corrected chi connectivity index (χ1v) is 9.02. The Morgan fingerprint density at radius 1 is 1.08 bits per heavy atom. The number of hydrogen-bond donors (Lipinski definition) is 1. The maximum atomic E-state index is 13.4. The molecule has 0 bridgehead atoms. The SMILES string of the molecule is C=C(c1ccc(O)cc1C)C(c1ccc(CC(F)CF)cc1C)C(C)C. The zero-order valence-corrected chi connectivity index (χ0v) is 16.0. The van der Waals surface area contributed by atoms with Gasteiger partial charge in [-0.15, -0.1) is 0 Å². The first-order valence-electron chi connectivity index (χ1n) is 9.02. The average molecular weight is 358 g/mol. The van der Waals surface area contributed by atoms with E-state index in [-0.39, 0.29) is 18.1 Å². The van der Waals surface area contributed by atoms with Crippen LogP contribution in [0.4, 0.5) is 8.78 Å². The van der Waals surface area contributed by atoms with Gasteiger partial charge in [-0.05, 0) is 65.3 Å². The van der Waals surface area contributed by atoms with Crippen molar-refractivity contribution in [2.24, 2.45) is 5.92 Å². The molecular formula is C23H28F2O. The fourth-order valence-electron chi connectivity index (χ4n) is 3.65. The Hall–Kier alpha value is -2.16. The van der Waals surface area contributed by atoms with E-state index >= 15 is 0 Å². The number of aromatic hydroxyl groups is 1. The molecular weight excluding hydrogens is 330 g/mol. The molecule has 2 aromatic carbocycles. The zero-order valence-electron chi connectivity index (χ0n) is 16.0. The number of phenols is 1. The number of aryl methyl sites for hydroxylation is 2. The minimum absolute atomic E-state index is 0.0992. The van der Waals surface area contributed by atoms with Crippen LogP contribution in [-0.4, -0.2) is 18.0 Å². The van der Waals surface area contributed by atoms with E-state index in [1.807, 2.05) is 38.1 Å². The molecule has 0 amide bonds. The molecule has 2 atom stereocenters. The molecule has 0 saturated heterocycles. The molecule has 0 aromatic heterocycles. The number of rotatable bonds is 7. The summed E-state index contributed by atoms with van der Waals surface area (Å²) in [5.41, 5.74) is 6.04. The molecule has 1 nitrogen and oxygen atoms in total. The summed E-state index contributed by atoms with van der Waals surface area (Å²) in [6, 6.07) is 11.2. The van der Waals surface area contributed by atoms with Crippen molar-refractivity contribution < 1.29 is 13.9 Å². The fourth-order valence-corrected chi connectivity index (χ4v) is 3.65. The highest BCUT2D eigenvalue weighted by Gasteiger charge is 2.23. The Kier molecular flexibility index (Phi) is 6.57. The van der Waals surface area contributed by atoms with Gasteiger partial charge in [0, 0.05) is 12.3 Å². The molecule has 0 saturated carbocycles. The lowest BCUT2D eigenvalue weighted by atomic mass is 9.77. The Bertz CT molecular complexity index is 780. The highest BCUT2D eigenvalue weighted by molar-refractivity contribution is 5.73. The first kappa shape index (κ1) is 20.2. The van der Waals surface area contributed by atoms with Crippen LogP contribution in [0.25, 0.3) is 5.57 Å². The summed E-state index contributed by atoms with van der Waals surface area (Å²) >= 11 is 0. The largest absolute Gasteiger partial charge is 0.508 e. The van der Waals surface area contributed by atoms with Crippen LogP contribution in [0.2, 0.25) is 0 Å². The van der Waals surface area contributed by atoms with E-state index in [1.165, 1.54) is 0 Å². The van der Waals surface area contributed by atoms with E-state index in [0.717, 1.165) is 33.4 Å². The maximum absolute atomic E-state index is 13.4. The molecule has 0 aliphatic carbocycles. The van der Waals surface area contributed by atoms with Gasteiger partial charge in [-0.1, -0.05) is 44.7 Å². The predicted octanol–water partition coefficient (Wildman–Crippen LogP) is 6.31. The maximum Gasteiger partial charge on any atom is 0.132 e. The van der Waals surface area contributed by atoms with Gasteiger partial charge in [-0.25, -0.2) is 8.78 Å². The second kappa shape index (κ2) is 8.48. The molecule has 0 radical (unpaired) electrons. The van der Waals surface area contributed by atoms with Crippen LogP contribution in [0.5, 0.6) is 5.75 Å². The van der Waals surface area contributed by atoms with Gasteiger partial charge in [-0.3, -0.25) is 0 Å². The lowest BCUT2D eigenvalue weighted by molar-refractivity contribution is 0.259. The van der Waals surface area contributed by atoms with E-state index in [9.17, 15) is 13.9 Å². The van der Waals surface area contributed by atoms with Gasteiger partial charge in [0.05, 0.1) is 0 Å². The molecule has 3 heteroatoms. The second-order valence-electron chi connectivity index (χ2n) is 7.39. The quantitative estimate of drug-likeness (QED) is 0.615. The van der Waals surface area contributed by atoms with Gasteiger partial charge >= 0.3 is 0 Å². The van der Waals surface area contributed by atoms with Crippen molar-refractivity contribution in [1.29, 1.82) is 0 Å². The Morgan fingerprint density at radius 3 is 2.31 bits per heavy atom. The molecule has 0 aliphatic rings. The van der Waals surface area contributed by atoms with Crippen LogP contribution in [0.3, 0.4) is 0 Å². The molecule has 2 rings (SSSR count). The van der Waals surface area contributed by atoms with Crippen molar-refractivity contribution in [1.82, 2.24) is 0 Å². The smallest absolute Gasteiger partial charge is 0.132 e. The van der Waals surface area contributed by atoms with Crippen molar-refractivity contribution in [3.05, 3.63) is 70.8 Å². The molecule has 26 heavy (non-hydrogen) atoms. The van der Waals surface area contributed by atoms with Crippen LogP contribution in [-0.2, 0) is 6.42 Å². The number of allylic oxidation sites excluding steroid dienone is 1. The summed E-state index contributed by atoms with van der Waals surface area (Å²) in [6.45, 7) is 11.7. The monoisotopic (exact) mass is 358 g/mol. The number of halogens is 2. The molecule has 2 unspecified atom stereocenters. The summed E-state index contributed by atoms with van der Waals surface area (Å²) in [5.74, 6) is 0.670. The van der Waals surface area contributed by atoms with Crippen molar-refractivity contribution in [2.45, 2.75) is 46.2 Å². The van der Waals surface area contributed by atoms with Crippen LogP contribution in [0.1, 0.15) is 47.6 Å². The highest BCUT2D eigenvalue weighted by Crippen LogP contribution is 2.40. The van der Waals surface area contributed by atoms with Gasteiger partial charge in [0.25, 0.3) is 0 Å². The van der Waals surface area contributed by atoms with Crippen molar-refractivity contribution >= 4 is 5.57 Å². The topological polar surface area (TPSA) is 20.2 Å². The average Bonchev–Trinajstić information content (AvgIpc) is 2.56. The van der Waals surface area contributed by atoms with Gasteiger partial charge in [0.2, 0.25) is 0 Å². The number of hydrogen-bond acceptors (Lipinski definition) is 1. The lowest BCUT2D eigenvalue weighted by Gasteiger charge is -2.27. The standard InChI is InChI=1S/C23H28F2O/c1-14(2)23(17(5)21-9-7-20(26)11-16(21)4)22-8-6-18(10-15(22)3)12-19(25)13-24/h6-11,14,19,23,26H,5,12-13H2,1-4H3. The van der Waals surface area contributed by atoms with Crippen LogP contribution in [0, 0.1) is 19.8 Å². The Labute approximate surface area is 155 Å². The Balaban J connectivity index is 2.39. The lowest BCUT2D eigenvalue weighted by Crippen LogP contribution is -2.12. The first-order chi connectivity index (χ1) is 12.2. The molecule has 140 valence electrons. The van der Waals surface area contributed by atoms with E-state index in [1.54, 1.807) is 12.1 Å². The second-order valence-corrected chi connectivity index (χ2v) is 7.39. The third kappa shape index (κ3) is 4.51. The summed E-state index contributed by atoms with van der Waals surface area (Å²) in [5, 5.41) is 9.66. The summed E-state index contributed by atoms with van der Waals surface area (Å²) in [4.78, 5) is 0. The van der Waals surface area contributed by atoms with Crippen molar-refractivity contribution in [3.63, 3.8) is 0 Å². The third-order valence-electron chi connectivity index (χ3n) is 4.89. The fraction of sp³-hybridized carbons (Fsp3) is 0.391. The van der Waals surface area contributed by atoms with Crippen LogP contribution >= 0.6 is 0 Å².